The molecule has 5 aliphatic rings. The Hall–Kier alpha value is -16.1. The molecule has 138 heavy (non-hydrogen) atoms. The third-order valence-corrected chi connectivity index (χ3v) is 24.5. The Kier molecular flexibility index (Phi) is 28.9. The number of aromatic amines is 4. The highest BCUT2D eigenvalue weighted by Crippen LogP contribution is 2.33. The topological polar surface area (TPSA) is 414 Å². The highest BCUT2D eigenvalue weighted by Gasteiger charge is 2.33. The van der Waals surface area contributed by atoms with E-state index in [1.807, 2.05) is 209 Å². The van der Waals surface area contributed by atoms with Crippen LogP contribution in [-0.4, -0.2) is 288 Å². The fourth-order valence-electron chi connectivity index (χ4n) is 16.6. The molecule has 0 bridgehead atoms. The van der Waals surface area contributed by atoms with Crippen LogP contribution >= 0.6 is 0 Å². The first-order valence-electron chi connectivity index (χ1n) is 46.5. The van der Waals surface area contributed by atoms with Gasteiger partial charge >= 0.3 is 0 Å². The van der Waals surface area contributed by atoms with Crippen LogP contribution in [0.3, 0.4) is 0 Å². The van der Waals surface area contributed by atoms with E-state index < -0.39 is 0 Å². The van der Waals surface area contributed by atoms with Gasteiger partial charge < -0.3 is 95.0 Å². The molecule has 2 atom stereocenters. The number of anilines is 8. The van der Waals surface area contributed by atoms with Gasteiger partial charge in [0.2, 0.25) is 23.8 Å². The molecule has 5 fully saturated rings. The minimum Gasteiger partial charge on any atom is -0.494 e. The molecule has 9 N–H and O–H groups in total. The van der Waals surface area contributed by atoms with Crippen LogP contribution in [0.4, 0.5) is 46.5 Å². The summed E-state index contributed by atoms with van der Waals surface area (Å²) < 4.78 is 17.1. The Morgan fingerprint density at radius 3 is 1.07 bits per heavy atom. The molecule has 5 saturated heterocycles. The van der Waals surface area contributed by atoms with Crippen LogP contribution in [0.5, 0.6) is 11.5 Å². The number of H-pyrrole nitrogens is 4. The molecular weight excluding hydrogens is 1750 g/mol. The molecule has 5 aliphatic heterocycles. The maximum absolute atomic E-state index is 13.2. The number of nitrogens with one attached hydrogen (secondary N) is 9. The predicted octanol–water partition coefficient (Wildman–Crippen LogP) is 14.2. The highest BCUT2D eigenvalue weighted by molar-refractivity contribution is 6.02. The highest BCUT2D eigenvalue weighted by atomic mass is 16.5. The lowest BCUT2D eigenvalue weighted by Crippen LogP contribution is -2.52. The summed E-state index contributed by atoms with van der Waals surface area (Å²) in [7, 11) is 4.16. The van der Waals surface area contributed by atoms with Crippen LogP contribution in [0.1, 0.15) is 82.5 Å². The summed E-state index contributed by atoms with van der Waals surface area (Å²) in [5, 5.41) is 20.0. The number of hydrogen-bond donors (Lipinski definition) is 9. The van der Waals surface area contributed by atoms with Gasteiger partial charge in [-0.1, -0.05) is 26.0 Å². The molecule has 0 aliphatic carbocycles. The number of ether oxygens (including phenoxy) is 3. The second kappa shape index (κ2) is 43.1. The molecule has 21 rings (SSSR count). The number of hydrogen-bond acceptors (Lipinski definition) is 27. The number of nitrogens with zero attached hydrogens (tertiary/aromatic N) is 19. The molecule has 704 valence electrons. The molecule has 0 radical (unpaired) electrons. The number of pyridine rings is 4. The zero-order valence-corrected chi connectivity index (χ0v) is 77.6. The zero-order chi connectivity index (χ0) is 95.0. The van der Waals surface area contributed by atoms with Gasteiger partial charge in [-0.05, 0) is 204 Å². The summed E-state index contributed by atoms with van der Waals surface area (Å²) >= 11 is 0. The first-order valence-corrected chi connectivity index (χ1v) is 46.5. The number of carbonyl (C=O) groups is 5. The number of rotatable bonds is 22. The Morgan fingerprint density at radius 2 is 0.710 bits per heavy atom. The number of fused-ring (bicyclic) bond motifs is 4. The molecule has 0 saturated carbocycles. The molecule has 16 aromatic rings. The van der Waals surface area contributed by atoms with Crippen molar-refractivity contribution >= 4 is 120 Å². The average molecular weight is 1850 g/mol. The van der Waals surface area contributed by atoms with Gasteiger partial charge in [0.25, 0.3) is 29.5 Å². The quantitative estimate of drug-likeness (QED) is 0.0304. The molecule has 17 heterocycles. The predicted molar refractivity (Wildman–Crippen MR) is 531 cm³/mol. The van der Waals surface area contributed by atoms with E-state index in [1.54, 1.807) is 54.5 Å². The van der Waals surface area contributed by atoms with Crippen molar-refractivity contribution in [3.63, 3.8) is 0 Å². The van der Waals surface area contributed by atoms with Crippen molar-refractivity contribution in [3.05, 3.63) is 254 Å². The molecule has 36 nitrogen and oxygen atoms in total. The van der Waals surface area contributed by atoms with Crippen molar-refractivity contribution in [1.82, 2.24) is 119 Å². The molecule has 5 amide bonds. The Morgan fingerprint density at radius 1 is 0.370 bits per heavy atom. The smallest absolute Gasteiger partial charge is 0.270 e. The number of carbonyl (C=O) groups excluding carboxylic acids is 5. The van der Waals surface area contributed by atoms with E-state index in [-0.39, 0.29) is 41.7 Å². The minimum atomic E-state index is -0.318. The van der Waals surface area contributed by atoms with Crippen LogP contribution in [0, 0.1) is 5.92 Å². The van der Waals surface area contributed by atoms with Gasteiger partial charge in [-0.3, -0.25) is 43.9 Å². The lowest BCUT2D eigenvalue weighted by atomic mass is 10.1. The van der Waals surface area contributed by atoms with E-state index in [0.717, 1.165) is 192 Å². The summed E-state index contributed by atoms with van der Waals surface area (Å²) in [6, 6.07) is 57.1. The second-order valence-corrected chi connectivity index (χ2v) is 34.5. The number of likely N-dealkylation sites (N-methyl/N-ethyl adjacent to an activating group) is 2. The van der Waals surface area contributed by atoms with E-state index in [9.17, 15) is 24.0 Å². The maximum Gasteiger partial charge on any atom is 0.270 e. The molecule has 4 aromatic carbocycles. The normalized spacial score (nSPS) is 15.4. The van der Waals surface area contributed by atoms with E-state index in [2.05, 4.69) is 151 Å². The fraction of sp³-hybridized carbons (Fsp3) is 0.284. The van der Waals surface area contributed by atoms with Crippen molar-refractivity contribution in [2.24, 2.45) is 5.92 Å². The Labute approximate surface area is 796 Å². The standard InChI is InChI=1S/C28H33N7O2.C27H27N7O3.C25H27N7O2.C22H21N7O/c1-18(2)19(3)37-22-7-9-29-25(17-22)24-8-10-30-28(33-24)31-21-5-6-23-20(15-21)16-26(32-23)27(36)35-13-11-34(4)12-14-35;35-25(33-11-13-34(14-12-33)26(36)24-5-3-15-37-24)23-17-18-16-19(6-7-20(18)31-23)30-27-29-10-8-22(32-27)21-4-1-2-9-28-21;1-3-34-19-6-8-26-22(16-19)21-7-9-27-25(30-21)28-18-4-5-20-17(14-18)15-23(29-20)24(33)32-12-10-31(2)11-13-32;30-21(29-11-9-23-10-12-29)20-14-15-13-16(4-5-17(15)27-20)26-22-25-8-6-19(28-22)18-3-1-2-7-24-18/h5-10,15-19,32H,11-14H2,1-4H3,(H,30,31,33);1-2,4,6-10,16-17,24,31H,3,5,11-15H2,(H,29,30,32);4-9,14-16,29H,3,10-13H2,1-2H3,(H,27,28,30);1-8,13-14,23,27H,9-12H2,(H,25,26,28)/t19-;24-;;/m10../s1. The van der Waals surface area contributed by atoms with Crippen molar-refractivity contribution in [2.75, 3.05) is 153 Å². The minimum absolute atomic E-state index is 0.0357. The summed E-state index contributed by atoms with van der Waals surface area (Å²) in [5.41, 5.74) is 15.1. The first-order chi connectivity index (χ1) is 67.3. The van der Waals surface area contributed by atoms with Gasteiger partial charge in [-0.15, -0.1) is 0 Å². The van der Waals surface area contributed by atoms with Crippen molar-refractivity contribution < 1.29 is 38.2 Å². The van der Waals surface area contributed by atoms with Crippen molar-refractivity contribution in [3.8, 4) is 57.1 Å². The average Bonchev–Trinajstić information content (AvgIpc) is 1.71. The molecule has 0 spiro atoms. The van der Waals surface area contributed by atoms with Gasteiger partial charge in [0.1, 0.15) is 40.4 Å². The van der Waals surface area contributed by atoms with Crippen LogP contribution in [0.15, 0.2) is 232 Å². The lowest BCUT2D eigenvalue weighted by molar-refractivity contribution is -0.142. The van der Waals surface area contributed by atoms with Crippen LogP contribution in [-0.2, 0) is 9.53 Å². The lowest BCUT2D eigenvalue weighted by Gasteiger charge is -2.35. The Balaban J connectivity index is 0.000000123. The monoisotopic (exact) mass is 1850 g/mol. The van der Waals surface area contributed by atoms with E-state index >= 15 is 0 Å². The second-order valence-electron chi connectivity index (χ2n) is 34.5. The molecule has 36 heteroatoms. The number of piperazine rings is 4. The van der Waals surface area contributed by atoms with Crippen LogP contribution in [0.2, 0.25) is 0 Å². The van der Waals surface area contributed by atoms with Gasteiger partial charge in [0.05, 0.1) is 58.3 Å². The molecule has 12 aromatic heterocycles. The molecule has 0 unspecified atom stereocenters. The SMILES string of the molecule is CC(C)[C@@H](C)Oc1ccnc(-c2ccnc(Nc3ccc4[nH]c(C(=O)N5CCN(C)CC5)cc4c3)n2)c1.CCOc1ccnc(-c2ccnc(Nc3ccc4[nH]c(C(=O)N5CCN(C)CC5)cc4c3)n2)c1.O=C(c1cc2cc(Nc3nccc(-c4ccccn4)n3)ccc2[nH]1)N1CCN(C(=O)[C@@H]2CCCO2)CC1.O=C(c1cc2cc(Nc3nccc(-c4ccccn4)n3)ccc2[nH]1)N1CCNCC1. The van der Waals surface area contributed by atoms with Crippen molar-refractivity contribution in [1.29, 1.82) is 0 Å². The van der Waals surface area contributed by atoms with Crippen LogP contribution in [0.25, 0.3) is 89.2 Å². The zero-order valence-electron chi connectivity index (χ0n) is 77.6. The number of aromatic nitrogens is 16. The largest absolute Gasteiger partial charge is 0.494 e. The van der Waals surface area contributed by atoms with Gasteiger partial charge in [-0.25, -0.2) is 39.9 Å². The first kappa shape index (κ1) is 92.4. The third-order valence-electron chi connectivity index (χ3n) is 24.5. The summed E-state index contributed by atoms with van der Waals surface area (Å²) in [4.78, 5) is 144. The van der Waals surface area contributed by atoms with E-state index in [1.165, 1.54) is 0 Å². The van der Waals surface area contributed by atoms with E-state index in [4.69, 9.17) is 14.2 Å². The Bertz CT molecular complexity index is 6960. The summed E-state index contributed by atoms with van der Waals surface area (Å²) in [6.07, 6.45) is 15.2. The summed E-state index contributed by atoms with van der Waals surface area (Å²) in [5.74, 6) is 3.89. The van der Waals surface area contributed by atoms with Gasteiger partial charge in [0, 0.05) is 239 Å². The fourth-order valence-corrected chi connectivity index (χ4v) is 16.6. The van der Waals surface area contributed by atoms with Crippen LogP contribution < -0.4 is 36.1 Å². The number of benzene rings is 4. The third kappa shape index (κ3) is 22.9. The maximum atomic E-state index is 13.2. The summed E-state index contributed by atoms with van der Waals surface area (Å²) in [6.45, 7) is 21.2. The van der Waals surface area contributed by atoms with Gasteiger partial charge in [-0.2, -0.15) is 0 Å². The van der Waals surface area contributed by atoms with E-state index in [0.29, 0.717) is 115 Å². The van der Waals surface area contributed by atoms with Gasteiger partial charge in [0.15, 0.2) is 0 Å². The molecular formula is C102H108N28O8. The van der Waals surface area contributed by atoms with Crippen molar-refractivity contribution in [2.45, 2.75) is 52.7 Å². The number of amides is 5.